The van der Waals surface area contributed by atoms with Crippen LogP contribution in [0.3, 0.4) is 0 Å². The summed E-state index contributed by atoms with van der Waals surface area (Å²) in [6.07, 6.45) is 4.09. The lowest BCUT2D eigenvalue weighted by molar-refractivity contribution is 0.554. The summed E-state index contributed by atoms with van der Waals surface area (Å²) in [7, 11) is 0. The van der Waals surface area contributed by atoms with E-state index < -0.39 is 0 Å². The zero-order valence-electron chi connectivity index (χ0n) is 10.8. The van der Waals surface area contributed by atoms with E-state index in [1.807, 2.05) is 12.1 Å². The Morgan fingerprint density at radius 3 is 2.58 bits per heavy atom. The topological polar surface area (TPSA) is 27.0 Å². The molecule has 1 saturated carbocycles. The molecule has 1 heterocycles. The summed E-state index contributed by atoms with van der Waals surface area (Å²) in [5, 5.41) is 11.6. The molecule has 1 saturated heterocycles. The van der Waals surface area contributed by atoms with Crippen molar-refractivity contribution < 1.29 is 0 Å². The molecular weight excluding hydrogens is 232 g/mol. The third-order valence-electron chi connectivity index (χ3n) is 4.74. The third-order valence-corrected chi connectivity index (χ3v) is 4.74. The first-order valence-corrected chi connectivity index (χ1v) is 7.05. The molecule has 2 nitrogen and oxygen atoms in total. The first kappa shape index (κ1) is 10.9. The van der Waals surface area contributed by atoms with Crippen LogP contribution in [-0.4, -0.2) is 12.6 Å². The van der Waals surface area contributed by atoms with Gasteiger partial charge in [-0.1, -0.05) is 24.3 Å². The average Bonchev–Trinajstić information content (AvgIpc) is 3.08. The third kappa shape index (κ3) is 1.55. The number of nitrogens with zero attached hydrogens (tertiary/aromatic N) is 2. The monoisotopic (exact) mass is 248 g/mol. The van der Waals surface area contributed by atoms with Crippen LogP contribution >= 0.6 is 0 Å². The van der Waals surface area contributed by atoms with Gasteiger partial charge in [-0.2, -0.15) is 5.26 Å². The van der Waals surface area contributed by atoms with Crippen LogP contribution in [0.15, 0.2) is 36.4 Å². The molecule has 2 heteroatoms. The molecule has 2 bridgehead atoms. The van der Waals surface area contributed by atoms with Crippen molar-refractivity contribution in [2.45, 2.75) is 25.3 Å². The van der Waals surface area contributed by atoms with Gasteiger partial charge in [-0.3, -0.25) is 0 Å². The van der Waals surface area contributed by atoms with Gasteiger partial charge in [-0.15, -0.1) is 0 Å². The van der Waals surface area contributed by atoms with E-state index in [1.165, 1.54) is 36.9 Å². The summed E-state index contributed by atoms with van der Waals surface area (Å²) < 4.78 is 0. The van der Waals surface area contributed by atoms with Crippen LogP contribution in [0.5, 0.6) is 0 Å². The molecule has 0 spiro atoms. The van der Waals surface area contributed by atoms with Crippen molar-refractivity contribution >= 4 is 16.5 Å². The summed E-state index contributed by atoms with van der Waals surface area (Å²) in [4.78, 5) is 2.57. The highest BCUT2D eigenvalue weighted by Gasteiger charge is 2.38. The highest BCUT2D eigenvalue weighted by Crippen LogP contribution is 2.42. The van der Waals surface area contributed by atoms with Crippen molar-refractivity contribution in [2.24, 2.45) is 5.92 Å². The molecule has 2 aliphatic rings. The molecule has 0 amide bonds. The van der Waals surface area contributed by atoms with Crippen molar-refractivity contribution in [3.05, 3.63) is 42.0 Å². The molecular formula is C17H16N2. The van der Waals surface area contributed by atoms with E-state index in [0.29, 0.717) is 0 Å². The van der Waals surface area contributed by atoms with E-state index in [1.54, 1.807) is 0 Å². The van der Waals surface area contributed by atoms with Gasteiger partial charge in [0.25, 0.3) is 0 Å². The second kappa shape index (κ2) is 3.99. The molecule has 2 aromatic carbocycles. The summed E-state index contributed by atoms with van der Waals surface area (Å²) in [5.41, 5.74) is 2.10. The first-order valence-electron chi connectivity index (χ1n) is 7.05. The Kier molecular flexibility index (Phi) is 2.29. The second-order valence-electron chi connectivity index (χ2n) is 5.77. The van der Waals surface area contributed by atoms with E-state index >= 15 is 0 Å². The van der Waals surface area contributed by atoms with Crippen LogP contribution in [0.1, 0.15) is 24.8 Å². The van der Waals surface area contributed by atoms with E-state index in [0.717, 1.165) is 22.9 Å². The Morgan fingerprint density at radius 2 is 1.89 bits per heavy atom. The average molecular weight is 248 g/mol. The van der Waals surface area contributed by atoms with Crippen LogP contribution in [-0.2, 0) is 0 Å². The van der Waals surface area contributed by atoms with Gasteiger partial charge in [0.1, 0.15) is 0 Å². The fourth-order valence-corrected chi connectivity index (χ4v) is 3.85. The number of anilines is 1. The summed E-state index contributed by atoms with van der Waals surface area (Å²) in [6.45, 7) is 1.20. The van der Waals surface area contributed by atoms with Crippen molar-refractivity contribution in [2.75, 3.05) is 11.4 Å². The van der Waals surface area contributed by atoms with Crippen LogP contribution in [0.2, 0.25) is 0 Å². The lowest BCUT2D eigenvalue weighted by Gasteiger charge is -2.30. The maximum atomic E-state index is 9.23. The van der Waals surface area contributed by atoms with Gasteiger partial charge < -0.3 is 4.90 Å². The van der Waals surface area contributed by atoms with E-state index in [9.17, 15) is 5.26 Å². The minimum Gasteiger partial charge on any atom is -0.368 e. The van der Waals surface area contributed by atoms with E-state index in [2.05, 4.69) is 35.2 Å². The lowest BCUT2D eigenvalue weighted by atomic mass is 10.0. The highest BCUT2D eigenvalue weighted by atomic mass is 15.2. The Balaban J connectivity index is 1.89. The molecule has 4 rings (SSSR count). The lowest BCUT2D eigenvalue weighted by Crippen LogP contribution is -2.31. The number of hydrogen-bond acceptors (Lipinski definition) is 2. The maximum absolute atomic E-state index is 9.23. The highest BCUT2D eigenvalue weighted by molar-refractivity contribution is 5.98. The molecule has 19 heavy (non-hydrogen) atoms. The van der Waals surface area contributed by atoms with Gasteiger partial charge in [-0.05, 0) is 37.3 Å². The van der Waals surface area contributed by atoms with Gasteiger partial charge in [0.15, 0.2) is 0 Å². The van der Waals surface area contributed by atoms with Crippen molar-refractivity contribution in [1.82, 2.24) is 0 Å². The largest absolute Gasteiger partial charge is 0.368 e. The number of benzene rings is 2. The summed E-state index contributed by atoms with van der Waals surface area (Å²) in [5.74, 6) is 0.888. The Bertz CT molecular complexity index is 683. The molecule has 1 aliphatic carbocycles. The van der Waals surface area contributed by atoms with Crippen molar-refractivity contribution in [3.8, 4) is 6.07 Å². The van der Waals surface area contributed by atoms with Crippen LogP contribution in [0.25, 0.3) is 10.8 Å². The SMILES string of the molecule is N#Cc1ccc(N2CC3CCC2C3)c2ccccc12. The predicted molar refractivity (Wildman–Crippen MR) is 77.1 cm³/mol. The van der Waals surface area contributed by atoms with Gasteiger partial charge in [-0.25, -0.2) is 0 Å². The minimum atomic E-state index is 0.723. The minimum absolute atomic E-state index is 0.723. The van der Waals surface area contributed by atoms with E-state index in [4.69, 9.17) is 0 Å². The van der Waals surface area contributed by atoms with Gasteiger partial charge >= 0.3 is 0 Å². The number of nitriles is 1. The molecule has 2 unspecified atom stereocenters. The van der Waals surface area contributed by atoms with Crippen molar-refractivity contribution in [3.63, 3.8) is 0 Å². The van der Waals surface area contributed by atoms with Gasteiger partial charge in [0.2, 0.25) is 0 Å². The Hall–Kier alpha value is -2.01. The fourth-order valence-electron chi connectivity index (χ4n) is 3.85. The predicted octanol–water partition coefficient (Wildman–Crippen LogP) is 3.70. The zero-order chi connectivity index (χ0) is 12.8. The smallest absolute Gasteiger partial charge is 0.0998 e. The van der Waals surface area contributed by atoms with Crippen LogP contribution in [0, 0.1) is 17.2 Å². The second-order valence-corrected chi connectivity index (χ2v) is 5.77. The Morgan fingerprint density at radius 1 is 1.05 bits per heavy atom. The van der Waals surface area contributed by atoms with Crippen molar-refractivity contribution in [1.29, 1.82) is 5.26 Å². The molecule has 2 fully saturated rings. The molecule has 94 valence electrons. The summed E-state index contributed by atoms with van der Waals surface area (Å²) >= 11 is 0. The molecule has 0 aromatic heterocycles. The quantitative estimate of drug-likeness (QED) is 0.769. The van der Waals surface area contributed by atoms with Crippen LogP contribution < -0.4 is 4.90 Å². The standard InChI is InChI=1S/C17H16N2/c18-10-13-6-8-17(16-4-2-1-3-15(13)16)19-11-12-5-7-14(19)9-12/h1-4,6,8,12,14H,5,7,9,11H2. The number of piperidine rings is 1. The number of fused-ring (bicyclic) bond motifs is 3. The van der Waals surface area contributed by atoms with E-state index in [-0.39, 0.29) is 0 Å². The maximum Gasteiger partial charge on any atom is 0.0998 e. The van der Waals surface area contributed by atoms with Gasteiger partial charge in [0.05, 0.1) is 11.6 Å². The number of hydrogen-bond donors (Lipinski definition) is 0. The first-order chi connectivity index (χ1) is 9.36. The molecule has 1 aliphatic heterocycles. The molecule has 2 aromatic rings. The van der Waals surface area contributed by atoms with Gasteiger partial charge in [0, 0.05) is 29.0 Å². The fraction of sp³-hybridized carbons (Fsp3) is 0.353. The molecule has 0 N–H and O–H groups in total. The zero-order valence-corrected chi connectivity index (χ0v) is 10.8. The normalized spacial score (nSPS) is 24.9. The summed E-state index contributed by atoms with van der Waals surface area (Å²) in [6, 6.07) is 15.4. The Labute approximate surface area is 113 Å². The van der Waals surface area contributed by atoms with Crippen LogP contribution in [0.4, 0.5) is 5.69 Å². The number of rotatable bonds is 1. The molecule has 0 radical (unpaired) electrons. The molecule has 2 atom stereocenters.